The lowest BCUT2D eigenvalue weighted by Gasteiger charge is -2.24. The zero-order valence-corrected chi connectivity index (χ0v) is 11.3. The van der Waals surface area contributed by atoms with Gasteiger partial charge in [-0.05, 0) is 43.1 Å². The molecule has 2 atom stereocenters. The number of benzene rings is 1. The fourth-order valence-corrected chi connectivity index (χ4v) is 2.24. The van der Waals surface area contributed by atoms with E-state index in [1.807, 2.05) is 13.1 Å². The molecule has 0 spiro atoms. The number of rotatable bonds is 4. The van der Waals surface area contributed by atoms with E-state index in [-0.39, 0.29) is 11.9 Å². The number of fused-ring (bicyclic) bond motifs is 1. The molecular weight excluding hydrogens is 229 g/mol. The Morgan fingerprint density at radius 1 is 1.17 bits per heavy atom. The summed E-state index contributed by atoms with van der Waals surface area (Å²) in [4.78, 5) is 0. The molecule has 1 heterocycles. The predicted octanol–water partition coefficient (Wildman–Crippen LogP) is 4.12. The maximum atomic E-state index is 13.2. The van der Waals surface area contributed by atoms with E-state index in [2.05, 4.69) is 26.1 Å². The summed E-state index contributed by atoms with van der Waals surface area (Å²) >= 11 is 0. The van der Waals surface area contributed by atoms with Crippen molar-refractivity contribution in [3.05, 3.63) is 35.8 Å². The maximum absolute atomic E-state index is 13.2. The zero-order valence-electron chi connectivity index (χ0n) is 11.3. The molecular formula is C15H20FNO. The monoisotopic (exact) mass is 249 g/mol. The van der Waals surface area contributed by atoms with Crippen LogP contribution in [-0.4, -0.2) is 7.05 Å². The van der Waals surface area contributed by atoms with Gasteiger partial charge in [-0.25, -0.2) is 4.39 Å². The minimum Gasteiger partial charge on any atom is -0.459 e. The first-order valence-electron chi connectivity index (χ1n) is 6.39. The molecule has 2 aromatic rings. The van der Waals surface area contributed by atoms with Crippen LogP contribution < -0.4 is 5.32 Å². The standard InChI is InChI=1S/C15H20FNO/c1-9(2)10(3)15(17-4)14-8-11-7-12(16)5-6-13(11)18-14/h5-10,15,17H,1-4H3. The fourth-order valence-electron chi connectivity index (χ4n) is 2.24. The van der Waals surface area contributed by atoms with Crippen LogP contribution >= 0.6 is 0 Å². The van der Waals surface area contributed by atoms with Crippen molar-refractivity contribution in [2.45, 2.75) is 26.8 Å². The van der Waals surface area contributed by atoms with Crippen molar-refractivity contribution in [1.29, 1.82) is 0 Å². The highest BCUT2D eigenvalue weighted by molar-refractivity contribution is 5.78. The SMILES string of the molecule is CNC(c1cc2cc(F)ccc2o1)C(C)C(C)C. The molecule has 0 aliphatic heterocycles. The molecule has 0 aliphatic rings. The lowest BCUT2D eigenvalue weighted by molar-refractivity contribution is 0.284. The predicted molar refractivity (Wildman–Crippen MR) is 72.0 cm³/mol. The molecule has 0 bridgehead atoms. The summed E-state index contributed by atoms with van der Waals surface area (Å²) < 4.78 is 19.0. The minimum absolute atomic E-state index is 0.153. The van der Waals surface area contributed by atoms with Crippen molar-refractivity contribution in [2.75, 3.05) is 7.05 Å². The smallest absolute Gasteiger partial charge is 0.134 e. The molecule has 2 unspecified atom stereocenters. The molecule has 0 aliphatic carbocycles. The highest BCUT2D eigenvalue weighted by atomic mass is 19.1. The number of hydrogen-bond donors (Lipinski definition) is 1. The summed E-state index contributed by atoms with van der Waals surface area (Å²) in [5.41, 5.74) is 0.739. The molecule has 0 saturated carbocycles. The summed E-state index contributed by atoms with van der Waals surface area (Å²) in [6, 6.07) is 6.70. The normalized spacial score (nSPS) is 15.2. The number of nitrogens with one attached hydrogen (secondary N) is 1. The van der Waals surface area contributed by atoms with Crippen molar-refractivity contribution < 1.29 is 8.81 Å². The zero-order chi connectivity index (χ0) is 13.3. The Balaban J connectivity index is 2.39. The van der Waals surface area contributed by atoms with Crippen molar-refractivity contribution in [3.8, 4) is 0 Å². The van der Waals surface area contributed by atoms with Crippen LogP contribution in [0.2, 0.25) is 0 Å². The van der Waals surface area contributed by atoms with Gasteiger partial charge in [-0.1, -0.05) is 20.8 Å². The lowest BCUT2D eigenvalue weighted by Crippen LogP contribution is -2.26. The topological polar surface area (TPSA) is 25.2 Å². The summed E-state index contributed by atoms with van der Waals surface area (Å²) in [6.45, 7) is 6.58. The molecule has 2 nitrogen and oxygen atoms in total. The van der Waals surface area contributed by atoms with Crippen molar-refractivity contribution in [3.63, 3.8) is 0 Å². The second kappa shape index (κ2) is 5.11. The Bertz CT molecular complexity index is 532. The number of halogens is 1. The van der Waals surface area contributed by atoms with E-state index in [0.29, 0.717) is 11.8 Å². The van der Waals surface area contributed by atoms with Gasteiger partial charge < -0.3 is 9.73 Å². The quantitative estimate of drug-likeness (QED) is 0.881. The molecule has 0 amide bonds. The third kappa shape index (κ3) is 2.41. The van der Waals surface area contributed by atoms with E-state index < -0.39 is 0 Å². The highest BCUT2D eigenvalue weighted by Crippen LogP contribution is 2.31. The Labute approximate surface area is 107 Å². The first-order chi connectivity index (χ1) is 8.52. The van der Waals surface area contributed by atoms with Gasteiger partial charge in [0.1, 0.15) is 17.2 Å². The second-order valence-electron chi connectivity index (χ2n) is 5.20. The van der Waals surface area contributed by atoms with Crippen LogP contribution in [0.4, 0.5) is 4.39 Å². The first-order valence-corrected chi connectivity index (χ1v) is 6.39. The Morgan fingerprint density at radius 2 is 1.89 bits per heavy atom. The molecule has 1 aromatic carbocycles. The lowest BCUT2D eigenvalue weighted by atomic mass is 9.89. The van der Waals surface area contributed by atoms with Crippen molar-refractivity contribution in [1.82, 2.24) is 5.32 Å². The minimum atomic E-state index is -0.229. The van der Waals surface area contributed by atoms with Gasteiger partial charge in [0.15, 0.2) is 0 Å². The molecule has 1 aromatic heterocycles. The third-order valence-electron chi connectivity index (χ3n) is 3.69. The van der Waals surface area contributed by atoms with Gasteiger partial charge >= 0.3 is 0 Å². The molecule has 0 fully saturated rings. The second-order valence-corrected chi connectivity index (χ2v) is 5.20. The average molecular weight is 249 g/mol. The number of hydrogen-bond acceptors (Lipinski definition) is 2. The summed E-state index contributed by atoms with van der Waals surface area (Å²) in [5.74, 6) is 1.64. The molecule has 0 radical (unpaired) electrons. The summed E-state index contributed by atoms with van der Waals surface area (Å²) in [6.07, 6.45) is 0. The van der Waals surface area contributed by atoms with Crippen LogP contribution in [0.5, 0.6) is 0 Å². The molecule has 3 heteroatoms. The number of furan rings is 1. The fraction of sp³-hybridized carbons (Fsp3) is 0.467. The van der Waals surface area contributed by atoms with Gasteiger partial charge in [0.25, 0.3) is 0 Å². The van der Waals surface area contributed by atoms with Crippen LogP contribution in [-0.2, 0) is 0 Å². The van der Waals surface area contributed by atoms with Gasteiger partial charge in [-0.15, -0.1) is 0 Å². The van der Waals surface area contributed by atoms with E-state index in [1.165, 1.54) is 12.1 Å². The first kappa shape index (κ1) is 13.1. The average Bonchev–Trinajstić information content (AvgIpc) is 2.72. The van der Waals surface area contributed by atoms with Gasteiger partial charge in [-0.3, -0.25) is 0 Å². The maximum Gasteiger partial charge on any atom is 0.134 e. The van der Waals surface area contributed by atoms with E-state index in [4.69, 9.17) is 4.42 Å². The highest BCUT2D eigenvalue weighted by Gasteiger charge is 2.23. The van der Waals surface area contributed by atoms with Crippen molar-refractivity contribution >= 4 is 11.0 Å². The summed E-state index contributed by atoms with van der Waals surface area (Å²) in [5, 5.41) is 4.11. The van der Waals surface area contributed by atoms with Crippen LogP contribution in [0.1, 0.15) is 32.6 Å². The Hall–Kier alpha value is -1.35. The Morgan fingerprint density at radius 3 is 2.50 bits per heavy atom. The van der Waals surface area contributed by atoms with E-state index >= 15 is 0 Å². The largest absolute Gasteiger partial charge is 0.459 e. The van der Waals surface area contributed by atoms with Gasteiger partial charge in [0.05, 0.1) is 6.04 Å². The van der Waals surface area contributed by atoms with Gasteiger partial charge in [0, 0.05) is 5.39 Å². The van der Waals surface area contributed by atoms with Gasteiger partial charge in [0.2, 0.25) is 0 Å². The third-order valence-corrected chi connectivity index (χ3v) is 3.69. The molecule has 2 rings (SSSR count). The van der Waals surface area contributed by atoms with Crippen LogP contribution in [0.3, 0.4) is 0 Å². The van der Waals surface area contributed by atoms with Crippen molar-refractivity contribution in [2.24, 2.45) is 11.8 Å². The van der Waals surface area contributed by atoms with Crippen LogP contribution in [0.25, 0.3) is 11.0 Å². The van der Waals surface area contributed by atoms with E-state index in [9.17, 15) is 4.39 Å². The van der Waals surface area contributed by atoms with Crippen LogP contribution in [0, 0.1) is 17.7 Å². The van der Waals surface area contributed by atoms with Gasteiger partial charge in [-0.2, -0.15) is 0 Å². The molecule has 0 saturated heterocycles. The van der Waals surface area contributed by atoms with E-state index in [0.717, 1.165) is 16.7 Å². The van der Waals surface area contributed by atoms with Crippen LogP contribution in [0.15, 0.2) is 28.7 Å². The van der Waals surface area contributed by atoms with E-state index in [1.54, 1.807) is 6.07 Å². The summed E-state index contributed by atoms with van der Waals surface area (Å²) in [7, 11) is 1.93. The molecule has 98 valence electrons. The Kier molecular flexibility index (Phi) is 3.71. The molecule has 1 N–H and O–H groups in total. The molecule has 18 heavy (non-hydrogen) atoms.